The molecule has 0 unspecified atom stereocenters. The fourth-order valence-electron chi connectivity index (χ4n) is 2.58. The predicted octanol–water partition coefficient (Wildman–Crippen LogP) is 2.22. The Morgan fingerprint density at radius 2 is 2.11 bits per heavy atom. The molecule has 0 atom stereocenters. The van der Waals surface area contributed by atoms with Crippen molar-refractivity contribution in [1.82, 2.24) is 5.32 Å². The van der Waals surface area contributed by atoms with Gasteiger partial charge in [0.25, 0.3) is 0 Å². The first kappa shape index (κ1) is 15.0. The molecule has 1 aromatic rings. The van der Waals surface area contributed by atoms with Crippen molar-refractivity contribution in [3.8, 4) is 0 Å². The molecule has 2 rings (SSSR count). The molecular formula is C14H21ClN2O. The van der Waals surface area contributed by atoms with E-state index in [9.17, 15) is 4.79 Å². The average Bonchev–Trinajstić information content (AvgIpc) is 2.28. The number of aryl methyl sites for hydroxylation is 2. The van der Waals surface area contributed by atoms with Crippen molar-refractivity contribution in [3.05, 3.63) is 28.8 Å². The maximum absolute atomic E-state index is 12.0. The summed E-state index contributed by atoms with van der Waals surface area (Å²) >= 11 is 0. The highest BCUT2D eigenvalue weighted by Gasteiger charge is 2.23. The number of fused-ring (bicyclic) bond motifs is 1. The van der Waals surface area contributed by atoms with Crippen molar-refractivity contribution in [1.29, 1.82) is 0 Å². The third-order valence-electron chi connectivity index (χ3n) is 3.32. The number of amides is 1. The number of hydrogen-bond acceptors (Lipinski definition) is 2. The first-order chi connectivity index (χ1) is 8.13. The number of carbonyl (C=O) groups excluding carboxylic acids is 1. The van der Waals surface area contributed by atoms with E-state index in [2.05, 4.69) is 31.3 Å². The molecule has 0 saturated heterocycles. The summed E-state index contributed by atoms with van der Waals surface area (Å²) in [6, 6.07) is 4.33. The lowest BCUT2D eigenvalue weighted by Crippen LogP contribution is -2.40. The number of rotatable bonds is 2. The highest BCUT2D eigenvalue weighted by atomic mass is 35.5. The van der Waals surface area contributed by atoms with Crippen molar-refractivity contribution >= 4 is 24.0 Å². The van der Waals surface area contributed by atoms with Crippen LogP contribution in [-0.2, 0) is 11.2 Å². The van der Waals surface area contributed by atoms with Crippen molar-refractivity contribution in [3.63, 3.8) is 0 Å². The Balaban J connectivity index is 0.00000162. The molecule has 18 heavy (non-hydrogen) atoms. The Bertz CT molecular complexity index is 446. The minimum absolute atomic E-state index is 0. The van der Waals surface area contributed by atoms with Crippen LogP contribution < -0.4 is 10.2 Å². The number of nitrogens with one attached hydrogen (secondary N) is 1. The zero-order chi connectivity index (χ0) is 12.4. The molecule has 0 aromatic heterocycles. The average molecular weight is 269 g/mol. The van der Waals surface area contributed by atoms with Crippen LogP contribution in [0.1, 0.15) is 23.1 Å². The Morgan fingerprint density at radius 3 is 2.78 bits per heavy atom. The highest BCUT2D eigenvalue weighted by Crippen LogP contribution is 2.30. The van der Waals surface area contributed by atoms with Crippen LogP contribution in [-0.4, -0.2) is 26.0 Å². The molecule has 0 bridgehead atoms. The smallest absolute Gasteiger partial charge is 0.240 e. The fourth-order valence-corrected chi connectivity index (χ4v) is 2.58. The summed E-state index contributed by atoms with van der Waals surface area (Å²) in [5.41, 5.74) is 4.99. The lowest BCUT2D eigenvalue weighted by molar-refractivity contribution is -0.117. The molecule has 0 saturated carbocycles. The summed E-state index contributed by atoms with van der Waals surface area (Å²) in [6.07, 6.45) is 2.15. The third kappa shape index (κ3) is 2.85. The SMILES string of the molecule is CNCC(=O)N1CCCc2c(C)cc(C)cc21.Cl. The number of hydrogen-bond donors (Lipinski definition) is 1. The monoisotopic (exact) mass is 268 g/mol. The Kier molecular flexibility index (Phi) is 5.17. The fraction of sp³-hybridized carbons (Fsp3) is 0.500. The van der Waals surface area contributed by atoms with E-state index in [0.29, 0.717) is 6.54 Å². The molecule has 3 nitrogen and oxygen atoms in total. The lowest BCUT2D eigenvalue weighted by Gasteiger charge is -2.31. The van der Waals surface area contributed by atoms with Crippen LogP contribution in [0.4, 0.5) is 5.69 Å². The zero-order valence-electron chi connectivity index (χ0n) is 11.2. The molecule has 1 aliphatic heterocycles. The van der Waals surface area contributed by atoms with Crippen molar-refractivity contribution in [2.24, 2.45) is 0 Å². The van der Waals surface area contributed by atoms with E-state index < -0.39 is 0 Å². The molecule has 0 fully saturated rings. The zero-order valence-corrected chi connectivity index (χ0v) is 12.1. The second-order valence-electron chi connectivity index (χ2n) is 4.76. The van der Waals surface area contributed by atoms with E-state index in [1.807, 2.05) is 11.9 Å². The Labute approximate surface area is 115 Å². The summed E-state index contributed by atoms with van der Waals surface area (Å²) in [5, 5.41) is 2.93. The standard InChI is InChI=1S/C14H20N2O.ClH/c1-10-7-11(2)12-5-4-6-16(13(12)8-10)14(17)9-15-3;/h7-8,15H,4-6,9H2,1-3H3;1H. The maximum atomic E-state index is 12.0. The van der Waals surface area contributed by atoms with Gasteiger partial charge in [-0.3, -0.25) is 4.79 Å². The van der Waals surface area contributed by atoms with Gasteiger partial charge in [0.2, 0.25) is 5.91 Å². The third-order valence-corrected chi connectivity index (χ3v) is 3.32. The summed E-state index contributed by atoms with van der Waals surface area (Å²) < 4.78 is 0. The van der Waals surface area contributed by atoms with E-state index in [-0.39, 0.29) is 18.3 Å². The first-order valence-corrected chi connectivity index (χ1v) is 6.18. The minimum Gasteiger partial charge on any atom is -0.311 e. The summed E-state index contributed by atoms with van der Waals surface area (Å²) in [5.74, 6) is 0.165. The van der Waals surface area contributed by atoms with Gasteiger partial charge in [0.15, 0.2) is 0 Å². The molecule has 1 N–H and O–H groups in total. The number of anilines is 1. The quantitative estimate of drug-likeness (QED) is 0.892. The van der Waals surface area contributed by atoms with Gasteiger partial charge in [0, 0.05) is 12.2 Å². The number of likely N-dealkylation sites (N-methyl/N-ethyl adjacent to an activating group) is 1. The molecule has 1 amide bonds. The van der Waals surface area contributed by atoms with Crippen LogP contribution in [0.5, 0.6) is 0 Å². The van der Waals surface area contributed by atoms with Gasteiger partial charge >= 0.3 is 0 Å². The van der Waals surface area contributed by atoms with Gasteiger partial charge in [0.05, 0.1) is 6.54 Å². The summed E-state index contributed by atoms with van der Waals surface area (Å²) in [4.78, 5) is 14.0. The van der Waals surface area contributed by atoms with Crippen LogP contribution in [0.25, 0.3) is 0 Å². The van der Waals surface area contributed by atoms with Gasteiger partial charge in [-0.2, -0.15) is 0 Å². The Hall–Kier alpha value is -1.06. The number of nitrogens with zero attached hydrogens (tertiary/aromatic N) is 1. The number of benzene rings is 1. The van der Waals surface area contributed by atoms with Crippen LogP contribution in [0.3, 0.4) is 0 Å². The van der Waals surface area contributed by atoms with Gasteiger partial charge in [-0.05, 0) is 56.5 Å². The molecule has 1 aliphatic rings. The topological polar surface area (TPSA) is 32.3 Å². The van der Waals surface area contributed by atoms with Crippen LogP contribution in [0.15, 0.2) is 12.1 Å². The molecule has 100 valence electrons. The lowest BCUT2D eigenvalue weighted by atomic mass is 9.95. The van der Waals surface area contributed by atoms with Crippen molar-refractivity contribution in [2.45, 2.75) is 26.7 Å². The largest absolute Gasteiger partial charge is 0.311 e. The van der Waals surface area contributed by atoms with E-state index in [4.69, 9.17) is 0 Å². The molecule has 4 heteroatoms. The van der Waals surface area contributed by atoms with Crippen molar-refractivity contribution in [2.75, 3.05) is 25.0 Å². The minimum atomic E-state index is 0. The maximum Gasteiger partial charge on any atom is 0.240 e. The number of halogens is 1. The second-order valence-corrected chi connectivity index (χ2v) is 4.76. The highest BCUT2D eigenvalue weighted by molar-refractivity contribution is 5.96. The summed E-state index contributed by atoms with van der Waals surface area (Å²) in [6.45, 7) is 5.48. The van der Waals surface area contributed by atoms with E-state index in [1.165, 1.54) is 16.7 Å². The van der Waals surface area contributed by atoms with Gasteiger partial charge in [-0.1, -0.05) is 6.07 Å². The van der Waals surface area contributed by atoms with E-state index in [0.717, 1.165) is 25.1 Å². The molecular weight excluding hydrogens is 248 g/mol. The van der Waals surface area contributed by atoms with Gasteiger partial charge in [-0.25, -0.2) is 0 Å². The summed E-state index contributed by atoms with van der Waals surface area (Å²) in [7, 11) is 1.81. The van der Waals surface area contributed by atoms with Crippen LogP contribution in [0.2, 0.25) is 0 Å². The van der Waals surface area contributed by atoms with Crippen molar-refractivity contribution < 1.29 is 4.79 Å². The van der Waals surface area contributed by atoms with Gasteiger partial charge in [-0.15, -0.1) is 12.4 Å². The van der Waals surface area contributed by atoms with Crippen LogP contribution in [0, 0.1) is 13.8 Å². The predicted molar refractivity (Wildman–Crippen MR) is 77.8 cm³/mol. The molecule has 1 heterocycles. The van der Waals surface area contributed by atoms with Gasteiger partial charge in [0.1, 0.15) is 0 Å². The Morgan fingerprint density at radius 1 is 1.39 bits per heavy atom. The van der Waals surface area contributed by atoms with Crippen LogP contribution >= 0.6 is 12.4 Å². The van der Waals surface area contributed by atoms with E-state index in [1.54, 1.807) is 0 Å². The number of carbonyl (C=O) groups is 1. The molecule has 0 spiro atoms. The van der Waals surface area contributed by atoms with Gasteiger partial charge < -0.3 is 10.2 Å². The molecule has 1 aromatic carbocycles. The molecule has 0 aliphatic carbocycles. The first-order valence-electron chi connectivity index (χ1n) is 6.18. The van der Waals surface area contributed by atoms with E-state index >= 15 is 0 Å². The second kappa shape index (κ2) is 6.21. The normalized spacial score (nSPS) is 13.8. The molecule has 0 radical (unpaired) electrons.